The number of carbonyl (C=O) groups excluding carboxylic acids is 1. The Hall–Kier alpha value is -1.81. The van der Waals surface area contributed by atoms with Crippen LogP contribution in [0.2, 0.25) is 5.15 Å². The monoisotopic (exact) mass is 264 g/mol. The Bertz CT molecular complexity index is 578. The Balaban J connectivity index is 2.24. The number of furan rings is 1. The lowest BCUT2D eigenvalue weighted by atomic mass is 10.2. The first-order valence-electron chi connectivity index (χ1n) is 5.61. The minimum absolute atomic E-state index is 0.241. The molecule has 0 radical (unpaired) electrons. The highest BCUT2D eigenvalue weighted by atomic mass is 35.5. The van der Waals surface area contributed by atoms with E-state index in [1.807, 2.05) is 13.8 Å². The van der Waals surface area contributed by atoms with E-state index in [1.165, 1.54) is 6.26 Å². The number of carbonyl (C=O) groups is 1. The summed E-state index contributed by atoms with van der Waals surface area (Å²) < 4.78 is 5.22. The van der Waals surface area contributed by atoms with E-state index < -0.39 is 0 Å². The lowest BCUT2D eigenvalue weighted by Gasteiger charge is -2.07. The summed E-state index contributed by atoms with van der Waals surface area (Å²) in [5.41, 5.74) is 1.96. The number of hydrogen-bond acceptors (Lipinski definition) is 3. The average molecular weight is 265 g/mol. The van der Waals surface area contributed by atoms with Gasteiger partial charge in [-0.1, -0.05) is 18.5 Å². The minimum atomic E-state index is -0.241. The number of nitrogens with one attached hydrogen (secondary N) is 1. The van der Waals surface area contributed by atoms with Gasteiger partial charge >= 0.3 is 0 Å². The summed E-state index contributed by atoms with van der Waals surface area (Å²) in [6, 6.07) is 3.42. The molecular formula is C13H13ClN2O2. The van der Waals surface area contributed by atoms with Crippen LogP contribution in [0.15, 0.2) is 29.0 Å². The SMILES string of the molecule is CCc1occc1C(=O)Nc1cc(C)cnc1Cl. The Morgan fingerprint density at radius 1 is 1.56 bits per heavy atom. The fourth-order valence-corrected chi connectivity index (χ4v) is 1.80. The molecule has 0 aromatic carbocycles. The standard InChI is InChI=1S/C13H13ClN2O2/c1-3-11-9(4-5-18-11)13(17)16-10-6-8(2)7-15-12(10)14/h4-7H,3H2,1-2H3,(H,16,17). The predicted molar refractivity (Wildman–Crippen MR) is 70.0 cm³/mol. The van der Waals surface area contributed by atoms with Gasteiger partial charge < -0.3 is 9.73 Å². The van der Waals surface area contributed by atoms with Crippen LogP contribution in [0, 0.1) is 6.92 Å². The van der Waals surface area contributed by atoms with Crippen LogP contribution in [0.25, 0.3) is 0 Å². The summed E-state index contributed by atoms with van der Waals surface area (Å²) in [5.74, 6) is 0.416. The smallest absolute Gasteiger partial charge is 0.259 e. The maximum atomic E-state index is 12.1. The molecule has 0 fully saturated rings. The van der Waals surface area contributed by atoms with Gasteiger partial charge in [0, 0.05) is 12.6 Å². The van der Waals surface area contributed by atoms with Crippen molar-refractivity contribution in [3.63, 3.8) is 0 Å². The van der Waals surface area contributed by atoms with Crippen LogP contribution in [-0.2, 0) is 6.42 Å². The summed E-state index contributed by atoms with van der Waals surface area (Å²) in [7, 11) is 0. The lowest BCUT2D eigenvalue weighted by Crippen LogP contribution is -2.13. The van der Waals surface area contributed by atoms with Crippen LogP contribution < -0.4 is 5.32 Å². The fraction of sp³-hybridized carbons (Fsp3) is 0.231. The van der Waals surface area contributed by atoms with Crippen molar-refractivity contribution in [2.75, 3.05) is 5.32 Å². The van der Waals surface area contributed by atoms with Crippen LogP contribution in [0.5, 0.6) is 0 Å². The topological polar surface area (TPSA) is 55.1 Å². The highest BCUT2D eigenvalue weighted by molar-refractivity contribution is 6.32. The van der Waals surface area contributed by atoms with Crippen molar-refractivity contribution < 1.29 is 9.21 Å². The third-order valence-corrected chi connectivity index (χ3v) is 2.84. The summed E-state index contributed by atoms with van der Waals surface area (Å²) in [6.45, 7) is 3.81. The van der Waals surface area contributed by atoms with Gasteiger partial charge in [-0.2, -0.15) is 0 Å². The van der Waals surface area contributed by atoms with E-state index in [4.69, 9.17) is 16.0 Å². The molecule has 0 saturated carbocycles. The van der Waals surface area contributed by atoms with Gasteiger partial charge in [0.05, 0.1) is 17.5 Å². The molecule has 0 aliphatic rings. The largest absolute Gasteiger partial charge is 0.469 e. The van der Waals surface area contributed by atoms with Crippen LogP contribution >= 0.6 is 11.6 Å². The summed E-state index contributed by atoms with van der Waals surface area (Å²) in [4.78, 5) is 16.0. The molecular weight excluding hydrogens is 252 g/mol. The summed E-state index contributed by atoms with van der Waals surface area (Å²) in [6.07, 6.45) is 3.81. The maximum absolute atomic E-state index is 12.1. The molecule has 2 rings (SSSR count). The van der Waals surface area contributed by atoms with Gasteiger partial charge in [0.25, 0.3) is 5.91 Å². The number of halogens is 1. The van der Waals surface area contributed by atoms with E-state index in [-0.39, 0.29) is 11.1 Å². The Morgan fingerprint density at radius 3 is 3.06 bits per heavy atom. The third kappa shape index (κ3) is 2.54. The Morgan fingerprint density at radius 2 is 2.33 bits per heavy atom. The van der Waals surface area contributed by atoms with E-state index in [0.29, 0.717) is 23.4 Å². The number of anilines is 1. The number of nitrogens with zero attached hydrogens (tertiary/aromatic N) is 1. The molecule has 0 atom stereocenters. The van der Waals surface area contributed by atoms with Gasteiger partial charge in [0.1, 0.15) is 5.76 Å². The number of rotatable bonds is 3. The molecule has 0 aliphatic carbocycles. The van der Waals surface area contributed by atoms with Crippen molar-refractivity contribution in [2.24, 2.45) is 0 Å². The quantitative estimate of drug-likeness (QED) is 0.864. The zero-order valence-electron chi connectivity index (χ0n) is 10.2. The van der Waals surface area contributed by atoms with Gasteiger partial charge in [0.15, 0.2) is 5.15 Å². The van der Waals surface area contributed by atoms with Gasteiger partial charge in [-0.25, -0.2) is 4.98 Å². The van der Waals surface area contributed by atoms with E-state index >= 15 is 0 Å². The van der Waals surface area contributed by atoms with E-state index in [2.05, 4.69) is 10.3 Å². The number of aryl methyl sites for hydroxylation is 2. The van der Waals surface area contributed by atoms with Crippen molar-refractivity contribution in [3.05, 3.63) is 46.6 Å². The minimum Gasteiger partial charge on any atom is -0.469 e. The molecule has 2 aromatic heterocycles. The average Bonchev–Trinajstić information content (AvgIpc) is 2.82. The molecule has 1 N–H and O–H groups in total. The van der Waals surface area contributed by atoms with Crippen molar-refractivity contribution in [2.45, 2.75) is 20.3 Å². The Labute approximate surface area is 110 Å². The van der Waals surface area contributed by atoms with Crippen LogP contribution in [0.1, 0.15) is 28.6 Å². The highest BCUT2D eigenvalue weighted by Crippen LogP contribution is 2.21. The van der Waals surface area contributed by atoms with Crippen LogP contribution in [-0.4, -0.2) is 10.9 Å². The van der Waals surface area contributed by atoms with E-state index in [1.54, 1.807) is 18.3 Å². The first kappa shape index (κ1) is 12.6. The molecule has 2 aromatic rings. The molecule has 0 unspecified atom stereocenters. The van der Waals surface area contributed by atoms with Crippen molar-refractivity contribution >= 4 is 23.2 Å². The Kier molecular flexibility index (Phi) is 3.67. The van der Waals surface area contributed by atoms with Gasteiger partial charge in [-0.3, -0.25) is 4.79 Å². The molecule has 0 saturated heterocycles. The number of amides is 1. The molecule has 4 nitrogen and oxygen atoms in total. The van der Waals surface area contributed by atoms with Crippen molar-refractivity contribution in [1.82, 2.24) is 4.98 Å². The number of aromatic nitrogens is 1. The summed E-state index contributed by atoms with van der Waals surface area (Å²) in [5, 5.41) is 3.01. The fourth-order valence-electron chi connectivity index (χ4n) is 1.65. The molecule has 0 aliphatic heterocycles. The maximum Gasteiger partial charge on any atom is 0.259 e. The first-order valence-corrected chi connectivity index (χ1v) is 5.99. The lowest BCUT2D eigenvalue weighted by molar-refractivity contribution is 0.102. The van der Waals surface area contributed by atoms with Crippen LogP contribution in [0.4, 0.5) is 5.69 Å². The molecule has 18 heavy (non-hydrogen) atoms. The van der Waals surface area contributed by atoms with Crippen molar-refractivity contribution in [3.8, 4) is 0 Å². The van der Waals surface area contributed by atoms with Crippen molar-refractivity contribution in [1.29, 1.82) is 0 Å². The molecule has 94 valence electrons. The number of pyridine rings is 1. The summed E-state index contributed by atoms with van der Waals surface area (Å²) >= 11 is 5.93. The number of hydrogen-bond donors (Lipinski definition) is 1. The second-order valence-corrected chi connectivity index (χ2v) is 4.27. The molecule has 1 amide bonds. The predicted octanol–water partition coefficient (Wildman–Crippen LogP) is 3.45. The highest BCUT2D eigenvalue weighted by Gasteiger charge is 2.14. The van der Waals surface area contributed by atoms with Gasteiger partial charge in [-0.05, 0) is 24.6 Å². The van der Waals surface area contributed by atoms with Gasteiger partial charge in [-0.15, -0.1) is 0 Å². The van der Waals surface area contributed by atoms with Crippen LogP contribution in [0.3, 0.4) is 0 Å². The molecule has 0 bridgehead atoms. The second-order valence-electron chi connectivity index (χ2n) is 3.92. The molecule has 0 spiro atoms. The zero-order chi connectivity index (χ0) is 13.1. The molecule has 2 heterocycles. The van der Waals surface area contributed by atoms with Gasteiger partial charge in [0.2, 0.25) is 0 Å². The second kappa shape index (κ2) is 5.23. The third-order valence-electron chi connectivity index (χ3n) is 2.54. The van der Waals surface area contributed by atoms with E-state index in [9.17, 15) is 4.79 Å². The molecule has 5 heteroatoms. The first-order chi connectivity index (χ1) is 8.61. The van der Waals surface area contributed by atoms with E-state index in [0.717, 1.165) is 5.56 Å². The zero-order valence-corrected chi connectivity index (χ0v) is 10.9. The normalized spacial score (nSPS) is 10.4.